The molecule has 1 aromatic heterocycles. The lowest BCUT2D eigenvalue weighted by Gasteiger charge is -2.20. The SMILES string of the molecule is CC(NC(=O)Cc1cccnc1)C(O)Cc1ccccc1. The summed E-state index contributed by atoms with van der Waals surface area (Å²) < 4.78 is 0. The van der Waals surface area contributed by atoms with Crippen molar-refractivity contribution in [3.05, 3.63) is 66.0 Å². The van der Waals surface area contributed by atoms with Crippen LogP contribution in [0, 0.1) is 0 Å². The highest BCUT2D eigenvalue weighted by Gasteiger charge is 2.17. The number of pyridine rings is 1. The Hall–Kier alpha value is -2.20. The van der Waals surface area contributed by atoms with E-state index in [4.69, 9.17) is 0 Å². The summed E-state index contributed by atoms with van der Waals surface area (Å²) in [5, 5.41) is 13.0. The van der Waals surface area contributed by atoms with E-state index in [-0.39, 0.29) is 18.4 Å². The van der Waals surface area contributed by atoms with E-state index in [1.54, 1.807) is 18.5 Å². The van der Waals surface area contributed by atoms with E-state index < -0.39 is 6.10 Å². The summed E-state index contributed by atoms with van der Waals surface area (Å²) in [5.41, 5.74) is 1.91. The lowest BCUT2D eigenvalue weighted by Crippen LogP contribution is -2.42. The number of carbonyl (C=O) groups is 1. The molecule has 2 N–H and O–H groups in total. The van der Waals surface area contributed by atoms with E-state index >= 15 is 0 Å². The van der Waals surface area contributed by atoms with Gasteiger partial charge in [0.15, 0.2) is 0 Å². The first kappa shape index (κ1) is 15.2. The van der Waals surface area contributed by atoms with Gasteiger partial charge >= 0.3 is 0 Å². The highest BCUT2D eigenvalue weighted by atomic mass is 16.3. The van der Waals surface area contributed by atoms with Gasteiger partial charge in [-0.15, -0.1) is 0 Å². The number of aliphatic hydroxyl groups is 1. The van der Waals surface area contributed by atoms with Crippen molar-refractivity contribution >= 4 is 5.91 Å². The third-order valence-corrected chi connectivity index (χ3v) is 3.34. The van der Waals surface area contributed by atoms with Crippen LogP contribution in [0.25, 0.3) is 0 Å². The summed E-state index contributed by atoms with van der Waals surface area (Å²) >= 11 is 0. The molecule has 110 valence electrons. The lowest BCUT2D eigenvalue weighted by molar-refractivity contribution is -0.121. The van der Waals surface area contributed by atoms with Gasteiger partial charge in [0.25, 0.3) is 0 Å². The number of rotatable bonds is 6. The smallest absolute Gasteiger partial charge is 0.224 e. The minimum atomic E-state index is -0.606. The molecule has 1 amide bonds. The first-order valence-corrected chi connectivity index (χ1v) is 7.05. The molecule has 0 saturated heterocycles. The Bertz CT molecular complexity index is 558. The molecule has 4 nitrogen and oxygen atoms in total. The topological polar surface area (TPSA) is 62.2 Å². The van der Waals surface area contributed by atoms with E-state index in [9.17, 15) is 9.90 Å². The van der Waals surface area contributed by atoms with E-state index in [1.807, 2.05) is 43.3 Å². The standard InChI is InChI=1S/C17H20N2O2/c1-13(16(20)10-14-6-3-2-4-7-14)19-17(21)11-15-8-5-9-18-12-15/h2-9,12-13,16,20H,10-11H2,1H3,(H,19,21). The number of nitrogens with zero attached hydrogens (tertiary/aromatic N) is 1. The van der Waals surface area contributed by atoms with Crippen molar-refractivity contribution in [2.75, 3.05) is 0 Å². The Kier molecular flexibility index (Phi) is 5.46. The molecule has 0 bridgehead atoms. The maximum absolute atomic E-state index is 11.9. The monoisotopic (exact) mass is 284 g/mol. The van der Waals surface area contributed by atoms with Gasteiger partial charge in [-0.05, 0) is 24.1 Å². The van der Waals surface area contributed by atoms with Crippen LogP contribution in [0.2, 0.25) is 0 Å². The molecule has 2 aromatic rings. The molecule has 0 aliphatic heterocycles. The Morgan fingerprint density at radius 2 is 1.90 bits per heavy atom. The number of amides is 1. The fourth-order valence-electron chi connectivity index (χ4n) is 2.12. The van der Waals surface area contributed by atoms with Crippen molar-refractivity contribution in [1.82, 2.24) is 10.3 Å². The number of hydrogen-bond donors (Lipinski definition) is 2. The average Bonchev–Trinajstić information content (AvgIpc) is 2.49. The number of benzene rings is 1. The molecule has 0 fully saturated rings. The fraction of sp³-hybridized carbons (Fsp3) is 0.294. The van der Waals surface area contributed by atoms with Gasteiger partial charge in [0, 0.05) is 18.8 Å². The zero-order valence-corrected chi connectivity index (χ0v) is 12.1. The molecular weight excluding hydrogens is 264 g/mol. The van der Waals surface area contributed by atoms with E-state index in [0.29, 0.717) is 6.42 Å². The Labute approximate surface area is 124 Å². The predicted octanol–water partition coefficient (Wildman–Crippen LogP) is 1.73. The molecule has 1 aromatic carbocycles. The van der Waals surface area contributed by atoms with Crippen molar-refractivity contribution < 1.29 is 9.90 Å². The maximum Gasteiger partial charge on any atom is 0.224 e. The van der Waals surface area contributed by atoms with Crippen molar-refractivity contribution in [2.45, 2.75) is 31.9 Å². The van der Waals surface area contributed by atoms with Crippen molar-refractivity contribution in [2.24, 2.45) is 0 Å². The molecule has 1 heterocycles. The van der Waals surface area contributed by atoms with Gasteiger partial charge in [-0.3, -0.25) is 9.78 Å². The second-order valence-corrected chi connectivity index (χ2v) is 5.15. The normalized spacial score (nSPS) is 13.4. The van der Waals surface area contributed by atoms with Crippen LogP contribution < -0.4 is 5.32 Å². The zero-order valence-electron chi connectivity index (χ0n) is 12.1. The lowest BCUT2D eigenvalue weighted by atomic mass is 10.0. The Morgan fingerprint density at radius 3 is 2.57 bits per heavy atom. The van der Waals surface area contributed by atoms with Gasteiger partial charge in [0.2, 0.25) is 5.91 Å². The number of aliphatic hydroxyl groups excluding tert-OH is 1. The second kappa shape index (κ2) is 7.55. The molecular formula is C17H20N2O2. The van der Waals surface area contributed by atoms with Crippen LogP contribution in [-0.4, -0.2) is 28.1 Å². The third kappa shape index (κ3) is 5.00. The summed E-state index contributed by atoms with van der Waals surface area (Å²) in [4.78, 5) is 15.9. The molecule has 0 aliphatic carbocycles. The average molecular weight is 284 g/mol. The molecule has 0 radical (unpaired) electrons. The molecule has 0 aliphatic rings. The Morgan fingerprint density at radius 1 is 1.19 bits per heavy atom. The molecule has 2 unspecified atom stereocenters. The van der Waals surface area contributed by atoms with Gasteiger partial charge < -0.3 is 10.4 Å². The summed E-state index contributed by atoms with van der Waals surface area (Å²) in [6.45, 7) is 1.81. The summed E-state index contributed by atoms with van der Waals surface area (Å²) in [7, 11) is 0. The minimum Gasteiger partial charge on any atom is -0.391 e. The minimum absolute atomic E-state index is 0.109. The summed E-state index contributed by atoms with van der Waals surface area (Å²) in [6, 6.07) is 13.1. The first-order chi connectivity index (χ1) is 10.1. The molecule has 4 heteroatoms. The van der Waals surface area contributed by atoms with E-state index in [2.05, 4.69) is 10.3 Å². The molecule has 0 spiro atoms. The van der Waals surface area contributed by atoms with E-state index in [0.717, 1.165) is 11.1 Å². The first-order valence-electron chi connectivity index (χ1n) is 7.05. The molecule has 0 saturated carbocycles. The van der Waals surface area contributed by atoms with Crippen LogP contribution in [0.5, 0.6) is 0 Å². The molecule has 2 atom stereocenters. The largest absolute Gasteiger partial charge is 0.391 e. The maximum atomic E-state index is 11.9. The molecule has 21 heavy (non-hydrogen) atoms. The highest BCUT2D eigenvalue weighted by molar-refractivity contribution is 5.78. The van der Waals surface area contributed by atoms with Gasteiger partial charge in [0.1, 0.15) is 0 Å². The van der Waals surface area contributed by atoms with Crippen LogP contribution in [0.1, 0.15) is 18.1 Å². The quantitative estimate of drug-likeness (QED) is 0.849. The number of nitrogens with one attached hydrogen (secondary N) is 1. The third-order valence-electron chi connectivity index (χ3n) is 3.34. The number of carbonyl (C=O) groups excluding carboxylic acids is 1. The van der Waals surface area contributed by atoms with Crippen molar-refractivity contribution in [1.29, 1.82) is 0 Å². The van der Waals surface area contributed by atoms with Gasteiger partial charge in [-0.1, -0.05) is 36.4 Å². The molecule has 2 rings (SSSR count). The van der Waals surface area contributed by atoms with Crippen LogP contribution in [0.3, 0.4) is 0 Å². The summed E-state index contributed by atoms with van der Waals surface area (Å²) in [6.07, 6.45) is 3.54. The van der Waals surface area contributed by atoms with Crippen LogP contribution >= 0.6 is 0 Å². The zero-order chi connectivity index (χ0) is 15.1. The van der Waals surface area contributed by atoms with Crippen LogP contribution in [0.15, 0.2) is 54.9 Å². The number of hydrogen-bond acceptors (Lipinski definition) is 3. The fourth-order valence-corrected chi connectivity index (χ4v) is 2.12. The van der Waals surface area contributed by atoms with Crippen molar-refractivity contribution in [3.63, 3.8) is 0 Å². The Balaban J connectivity index is 1.83. The van der Waals surface area contributed by atoms with Crippen LogP contribution in [-0.2, 0) is 17.6 Å². The number of aromatic nitrogens is 1. The highest BCUT2D eigenvalue weighted by Crippen LogP contribution is 2.06. The second-order valence-electron chi connectivity index (χ2n) is 5.15. The predicted molar refractivity (Wildman–Crippen MR) is 81.7 cm³/mol. The van der Waals surface area contributed by atoms with Crippen LogP contribution in [0.4, 0.5) is 0 Å². The van der Waals surface area contributed by atoms with Crippen molar-refractivity contribution in [3.8, 4) is 0 Å². The van der Waals surface area contributed by atoms with E-state index in [1.165, 1.54) is 0 Å². The van der Waals surface area contributed by atoms with Gasteiger partial charge in [-0.25, -0.2) is 0 Å². The van der Waals surface area contributed by atoms with Gasteiger partial charge in [0.05, 0.1) is 18.6 Å². The summed E-state index contributed by atoms with van der Waals surface area (Å²) in [5.74, 6) is -0.109. The van der Waals surface area contributed by atoms with Gasteiger partial charge in [-0.2, -0.15) is 0 Å².